The number of aliphatic hydroxyl groups is 1. The van der Waals surface area contributed by atoms with Gasteiger partial charge in [-0.2, -0.15) is 0 Å². The number of nitrogen functional groups attached to an aromatic ring is 1. The van der Waals surface area contributed by atoms with Gasteiger partial charge in [0.1, 0.15) is 0 Å². The molecule has 76 valence electrons. The Kier molecular flexibility index (Phi) is 2.54. The van der Waals surface area contributed by atoms with E-state index < -0.39 is 5.60 Å². The number of hydrogen-bond acceptors (Lipinski definition) is 2. The maximum atomic E-state index is 10.4. The maximum Gasteiger partial charge on any atom is 0.0916 e. The minimum atomic E-state index is -0.687. The Morgan fingerprint density at radius 1 is 1.29 bits per heavy atom. The molecule has 0 atom stereocenters. The van der Waals surface area contributed by atoms with Crippen LogP contribution in [0.3, 0.4) is 0 Å². The molecular weight excluding hydrogens is 242 g/mol. The zero-order valence-electron chi connectivity index (χ0n) is 7.96. The Labute approximate surface area is 92.3 Å². The maximum absolute atomic E-state index is 10.4. The summed E-state index contributed by atoms with van der Waals surface area (Å²) >= 11 is 3.38. The van der Waals surface area contributed by atoms with Crippen molar-refractivity contribution in [2.75, 3.05) is 5.73 Å². The highest BCUT2D eigenvalue weighted by Gasteiger charge is 2.34. The molecule has 2 nitrogen and oxygen atoms in total. The first kappa shape index (κ1) is 9.99. The standard InChI is InChI=1S/C11H14BrNO/c12-9-5-3-4-8(10(9)13)11(14)6-1-2-7-11/h3-5,14H,1-2,6-7,13H2. The minimum Gasteiger partial charge on any atom is -0.398 e. The summed E-state index contributed by atoms with van der Waals surface area (Å²) in [6.45, 7) is 0. The van der Waals surface area contributed by atoms with Crippen molar-refractivity contribution in [3.63, 3.8) is 0 Å². The number of hydrogen-bond donors (Lipinski definition) is 2. The fourth-order valence-electron chi connectivity index (χ4n) is 2.17. The first-order chi connectivity index (χ1) is 6.63. The van der Waals surface area contributed by atoms with Crippen LogP contribution in [0, 0.1) is 0 Å². The number of halogens is 1. The van der Waals surface area contributed by atoms with Crippen LogP contribution in [0.25, 0.3) is 0 Å². The van der Waals surface area contributed by atoms with Gasteiger partial charge in [0.2, 0.25) is 0 Å². The van der Waals surface area contributed by atoms with E-state index in [0.717, 1.165) is 35.7 Å². The van der Waals surface area contributed by atoms with E-state index in [2.05, 4.69) is 15.9 Å². The average Bonchev–Trinajstić information content (AvgIpc) is 2.58. The van der Waals surface area contributed by atoms with E-state index in [1.807, 2.05) is 18.2 Å². The molecule has 0 unspecified atom stereocenters. The van der Waals surface area contributed by atoms with Crippen LogP contribution in [-0.2, 0) is 5.60 Å². The summed E-state index contributed by atoms with van der Waals surface area (Å²) in [5.74, 6) is 0. The minimum absolute atomic E-state index is 0.678. The summed E-state index contributed by atoms with van der Waals surface area (Å²) in [6.07, 6.45) is 3.83. The zero-order valence-corrected chi connectivity index (χ0v) is 9.55. The lowest BCUT2D eigenvalue weighted by atomic mass is 9.91. The molecule has 0 aliphatic heterocycles. The van der Waals surface area contributed by atoms with Gasteiger partial charge < -0.3 is 10.8 Å². The second-order valence-electron chi connectivity index (χ2n) is 3.94. The molecule has 1 saturated carbocycles. The van der Waals surface area contributed by atoms with Crippen LogP contribution in [0.4, 0.5) is 5.69 Å². The molecule has 0 saturated heterocycles. The van der Waals surface area contributed by atoms with Crippen molar-refractivity contribution in [3.05, 3.63) is 28.2 Å². The van der Waals surface area contributed by atoms with Crippen LogP contribution in [0.5, 0.6) is 0 Å². The van der Waals surface area contributed by atoms with E-state index >= 15 is 0 Å². The molecule has 2 rings (SSSR count). The van der Waals surface area contributed by atoms with E-state index in [1.165, 1.54) is 0 Å². The van der Waals surface area contributed by atoms with Gasteiger partial charge in [-0.1, -0.05) is 25.0 Å². The second kappa shape index (κ2) is 3.55. The summed E-state index contributed by atoms with van der Waals surface area (Å²) in [5.41, 5.74) is 6.81. The lowest BCUT2D eigenvalue weighted by Crippen LogP contribution is -2.22. The topological polar surface area (TPSA) is 46.2 Å². The monoisotopic (exact) mass is 255 g/mol. The van der Waals surface area contributed by atoms with Crippen molar-refractivity contribution in [3.8, 4) is 0 Å². The summed E-state index contributed by atoms with van der Waals surface area (Å²) in [5, 5.41) is 10.4. The highest BCUT2D eigenvalue weighted by molar-refractivity contribution is 9.10. The quantitative estimate of drug-likeness (QED) is 0.759. The third-order valence-corrected chi connectivity index (χ3v) is 3.68. The second-order valence-corrected chi connectivity index (χ2v) is 4.79. The van der Waals surface area contributed by atoms with E-state index in [1.54, 1.807) is 0 Å². The molecule has 3 N–H and O–H groups in total. The fraction of sp³-hybridized carbons (Fsp3) is 0.455. The summed E-state index contributed by atoms with van der Waals surface area (Å²) < 4.78 is 0.871. The van der Waals surface area contributed by atoms with Crippen molar-refractivity contribution in [1.82, 2.24) is 0 Å². The molecule has 0 radical (unpaired) electrons. The Morgan fingerprint density at radius 2 is 1.93 bits per heavy atom. The van der Waals surface area contributed by atoms with E-state index in [9.17, 15) is 5.11 Å². The van der Waals surface area contributed by atoms with Crippen molar-refractivity contribution in [2.45, 2.75) is 31.3 Å². The number of nitrogens with two attached hydrogens (primary N) is 1. The third kappa shape index (κ3) is 1.55. The van der Waals surface area contributed by atoms with Gasteiger partial charge in [0.05, 0.1) is 11.3 Å². The lowest BCUT2D eigenvalue weighted by Gasteiger charge is -2.24. The van der Waals surface area contributed by atoms with Gasteiger partial charge in [0.25, 0.3) is 0 Å². The highest BCUT2D eigenvalue weighted by Crippen LogP contribution is 2.42. The van der Waals surface area contributed by atoms with Gasteiger partial charge in [0, 0.05) is 10.0 Å². The molecule has 1 aliphatic rings. The summed E-state index contributed by atoms with van der Waals surface area (Å²) in [4.78, 5) is 0. The van der Waals surface area contributed by atoms with Crippen LogP contribution in [0.15, 0.2) is 22.7 Å². The molecule has 0 aromatic heterocycles. The van der Waals surface area contributed by atoms with Crippen LogP contribution < -0.4 is 5.73 Å². The van der Waals surface area contributed by atoms with Gasteiger partial charge >= 0.3 is 0 Å². The molecule has 0 heterocycles. The SMILES string of the molecule is Nc1c(Br)cccc1C1(O)CCCC1. The molecule has 1 aromatic rings. The highest BCUT2D eigenvalue weighted by atomic mass is 79.9. The molecular formula is C11H14BrNO. The van der Waals surface area contributed by atoms with Gasteiger partial charge in [0.15, 0.2) is 0 Å². The molecule has 1 aliphatic carbocycles. The number of benzene rings is 1. The molecule has 0 amide bonds. The van der Waals surface area contributed by atoms with Crippen LogP contribution in [-0.4, -0.2) is 5.11 Å². The van der Waals surface area contributed by atoms with Crippen LogP contribution in [0.2, 0.25) is 0 Å². The molecule has 0 bridgehead atoms. The first-order valence-corrected chi connectivity index (χ1v) is 5.70. The number of anilines is 1. The van der Waals surface area contributed by atoms with E-state index in [0.29, 0.717) is 5.69 Å². The van der Waals surface area contributed by atoms with E-state index in [4.69, 9.17) is 5.73 Å². The van der Waals surface area contributed by atoms with Crippen molar-refractivity contribution in [1.29, 1.82) is 0 Å². The third-order valence-electron chi connectivity index (χ3n) is 2.98. The number of rotatable bonds is 1. The summed E-state index contributed by atoms with van der Waals surface area (Å²) in [6, 6.07) is 5.74. The Morgan fingerprint density at radius 3 is 2.57 bits per heavy atom. The largest absolute Gasteiger partial charge is 0.398 e. The van der Waals surface area contributed by atoms with Crippen LogP contribution in [0.1, 0.15) is 31.2 Å². The summed E-state index contributed by atoms with van der Waals surface area (Å²) in [7, 11) is 0. The Bertz CT molecular complexity index is 345. The van der Waals surface area contributed by atoms with Gasteiger partial charge in [-0.15, -0.1) is 0 Å². The first-order valence-electron chi connectivity index (χ1n) is 4.90. The molecule has 1 aromatic carbocycles. The van der Waals surface area contributed by atoms with Crippen molar-refractivity contribution in [2.24, 2.45) is 0 Å². The zero-order chi connectivity index (χ0) is 10.2. The van der Waals surface area contributed by atoms with Gasteiger partial charge in [-0.05, 0) is 34.8 Å². The normalized spacial score (nSPS) is 19.9. The van der Waals surface area contributed by atoms with Gasteiger partial charge in [-0.25, -0.2) is 0 Å². The number of para-hydroxylation sites is 1. The lowest BCUT2D eigenvalue weighted by molar-refractivity contribution is 0.0452. The Hall–Kier alpha value is -0.540. The van der Waals surface area contributed by atoms with Crippen LogP contribution >= 0.6 is 15.9 Å². The van der Waals surface area contributed by atoms with Crippen molar-refractivity contribution >= 4 is 21.6 Å². The predicted octanol–water partition coefficient (Wildman–Crippen LogP) is 2.79. The molecule has 1 fully saturated rings. The fourth-order valence-corrected chi connectivity index (χ4v) is 2.54. The molecule has 3 heteroatoms. The van der Waals surface area contributed by atoms with Crippen molar-refractivity contribution < 1.29 is 5.11 Å². The average molecular weight is 256 g/mol. The Balaban J connectivity index is 2.45. The predicted molar refractivity (Wildman–Crippen MR) is 60.9 cm³/mol. The molecule has 0 spiro atoms. The van der Waals surface area contributed by atoms with Gasteiger partial charge in [-0.3, -0.25) is 0 Å². The molecule has 14 heavy (non-hydrogen) atoms. The van der Waals surface area contributed by atoms with E-state index in [-0.39, 0.29) is 0 Å². The smallest absolute Gasteiger partial charge is 0.0916 e.